The van der Waals surface area contributed by atoms with Crippen molar-refractivity contribution in [1.29, 1.82) is 0 Å². The van der Waals surface area contributed by atoms with Crippen LogP contribution in [-0.2, 0) is 28.6 Å². The van der Waals surface area contributed by atoms with Gasteiger partial charge in [0, 0.05) is 30.4 Å². The summed E-state index contributed by atoms with van der Waals surface area (Å²) in [4.78, 5) is 36.8. The molecule has 0 aromatic heterocycles. The fourth-order valence-electron chi connectivity index (χ4n) is 5.45. The van der Waals surface area contributed by atoms with Gasteiger partial charge in [-0.15, -0.1) is 0 Å². The molecule has 0 aromatic carbocycles. The lowest BCUT2D eigenvalue weighted by molar-refractivity contribution is -0.251. The Hall–Kier alpha value is -1.97. The van der Waals surface area contributed by atoms with Crippen LogP contribution in [0.3, 0.4) is 0 Å². The van der Waals surface area contributed by atoms with E-state index in [9.17, 15) is 29.7 Å². The number of fused-ring (bicyclic) bond motifs is 2. The van der Waals surface area contributed by atoms with Crippen molar-refractivity contribution >= 4 is 17.9 Å². The van der Waals surface area contributed by atoms with Crippen LogP contribution in [-0.4, -0.2) is 62.4 Å². The van der Waals surface area contributed by atoms with Gasteiger partial charge >= 0.3 is 17.9 Å². The first-order valence-electron chi connectivity index (χ1n) is 10.5. The third-order valence-electron chi connectivity index (χ3n) is 7.53. The molecular formula is C22H32O9. The lowest BCUT2D eigenvalue weighted by atomic mass is 9.52. The smallest absolute Gasteiger partial charge is 0.340 e. The Bertz CT molecular complexity index is 844. The average Bonchev–Trinajstić information content (AvgIpc) is 2.83. The minimum atomic E-state index is -2.13. The summed E-state index contributed by atoms with van der Waals surface area (Å²) in [6.07, 6.45) is -1.12. The van der Waals surface area contributed by atoms with Crippen molar-refractivity contribution in [3.8, 4) is 0 Å². The summed E-state index contributed by atoms with van der Waals surface area (Å²) in [5.41, 5.74) is -3.23. The van der Waals surface area contributed by atoms with E-state index in [1.165, 1.54) is 13.8 Å². The molecule has 3 aliphatic rings. The number of carbonyl (C=O) groups is 3. The zero-order chi connectivity index (χ0) is 23.6. The molecule has 2 saturated carbocycles. The number of aliphatic hydroxyl groups excluding tert-OH is 1. The van der Waals surface area contributed by atoms with Gasteiger partial charge in [-0.2, -0.15) is 0 Å². The molecule has 0 bridgehead atoms. The SMILES string of the molecule is CC(=O)O[C@@]1(C)[C@@H]2CC3=C(C)C(=O)O[C@@]3(O)C[C@@]2(C)CC[C@H]1OC(=O)[C@@](C)(O)[C@H](C)O. The predicted molar refractivity (Wildman–Crippen MR) is 106 cm³/mol. The van der Waals surface area contributed by atoms with Crippen molar-refractivity contribution in [3.05, 3.63) is 11.1 Å². The first-order valence-corrected chi connectivity index (χ1v) is 10.5. The Morgan fingerprint density at radius 3 is 2.48 bits per heavy atom. The van der Waals surface area contributed by atoms with E-state index in [4.69, 9.17) is 14.2 Å². The number of carbonyl (C=O) groups excluding carboxylic acids is 3. The normalized spacial score (nSPS) is 40.2. The van der Waals surface area contributed by atoms with Crippen LogP contribution < -0.4 is 0 Å². The summed E-state index contributed by atoms with van der Waals surface area (Å²) < 4.78 is 16.6. The molecule has 0 spiro atoms. The molecular weight excluding hydrogens is 408 g/mol. The zero-order valence-corrected chi connectivity index (χ0v) is 18.9. The Morgan fingerprint density at radius 1 is 1.32 bits per heavy atom. The summed E-state index contributed by atoms with van der Waals surface area (Å²) in [6.45, 7) is 8.88. The third kappa shape index (κ3) is 3.66. The van der Waals surface area contributed by atoms with Gasteiger partial charge < -0.3 is 29.5 Å². The molecule has 0 amide bonds. The Kier molecular flexibility index (Phi) is 5.56. The quantitative estimate of drug-likeness (QED) is 0.433. The lowest BCUT2D eigenvalue weighted by Gasteiger charge is -2.58. The maximum absolute atomic E-state index is 12.6. The number of hydrogen-bond donors (Lipinski definition) is 3. The molecule has 0 aromatic rings. The van der Waals surface area contributed by atoms with Crippen LogP contribution in [0.1, 0.15) is 67.2 Å². The van der Waals surface area contributed by atoms with Crippen molar-refractivity contribution < 1.29 is 43.9 Å². The fourth-order valence-corrected chi connectivity index (χ4v) is 5.45. The molecule has 0 saturated heterocycles. The summed E-state index contributed by atoms with van der Waals surface area (Å²) in [7, 11) is 0. The minimum Gasteiger partial charge on any atom is -0.456 e. The van der Waals surface area contributed by atoms with E-state index in [2.05, 4.69) is 0 Å². The minimum absolute atomic E-state index is 0.131. The maximum atomic E-state index is 12.6. The molecule has 3 N–H and O–H groups in total. The van der Waals surface area contributed by atoms with E-state index in [1.54, 1.807) is 13.8 Å². The summed E-state index contributed by atoms with van der Waals surface area (Å²) in [6, 6.07) is 0. The highest BCUT2D eigenvalue weighted by Crippen LogP contribution is 2.61. The molecule has 31 heavy (non-hydrogen) atoms. The largest absolute Gasteiger partial charge is 0.456 e. The molecule has 3 rings (SSSR count). The van der Waals surface area contributed by atoms with Crippen molar-refractivity contribution in [3.63, 3.8) is 0 Å². The van der Waals surface area contributed by atoms with Gasteiger partial charge in [0.1, 0.15) is 11.7 Å². The van der Waals surface area contributed by atoms with Crippen molar-refractivity contribution in [2.24, 2.45) is 11.3 Å². The van der Waals surface area contributed by atoms with Crippen LogP contribution in [0.15, 0.2) is 11.1 Å². The topological polar surface area (TPSA) is 140 Å². The first kappa shape index (κ1) is 23.7. The molecule has 0 radical (unpaired) electrons. The highest BCUT2D eigenvalue weighted by atomic mass is 16.7. The van der Waals surface area contributed by atoms with Crippen LogP contribution in [0.4, 0.5) is 0 Å². The second-order valence-corrected chi connectivity index (χ2v) is 9.90. The highest BCUT2D eigenvalue weighted by molar-refractivity contribution is 5.92. The Labute approximate surface area is 181 Å². The molecule has 0 unspecified atom stereocenters. The molecule has 9 nitrogen and oxygen atoms in total. The molecule has 1 aliphatic heterocycles. The highest BCUT2D eigenvalue weighted by Gasteiger charge is 2.65. The van der Waals surface area contributed by atoms with Gasteiger partial charge in [0.15, 0.2) is 5.60 Å². The van der Waals surface area contributed by atoms with Gasteiger partial charge in [-0.25, -0.2) is 9.59 Å². The van der Waals surface area contributed by atoms with Crippen molar-refractivity contribution in [2.75, 3.05) is 0 Å². The van der Waals surface area contributed by atoms with Crippen LogP contribution >= 0.6 is 0 Å². The van der Waals surface area contributed by atoms with Crippen LogP contribution in [0, 0.1) is 11.3 Å². The standard InChI is InChI=1S/C22H32O9/c1-11-14-9-15-19(4,10-22(14,28)31-17(11)25)8-7-16(21(15,6)30-13(3)24)29-18(26)20(5,27)12(2)23/h12,15-16,23,27-28H,7-10H2,1-6H3/t12-,15+,16+,19+,20-,21-,22-/m0/s1. The fraction of sp³-hybridized carbons (Fsp3) is 0.773. The number of esters is 3. The Balaban J connectivity index is 2.00. The molecule has 2 fully saturated rings. The summed E-state index contributed by atoms with van der Waals surface area (Å²) >= 11 is 0. The monoisotopic (exact) mass is 440 g/mol. The van der Waals surface area contributed by atoms with Crippen molar-refractivity contribution in [1.82, 2.24) is 0 Å². The van der Waals surface area contributed by atoms with Crippen LogP contribution in [0.2, 0.25) is 0 Å². The van der Waals surface area contributed by atoms with Gasteiger partial charge in [0.25, 0.3) is 0 Å². The van der Waals surface area contributed by atoms with Crippen molar-refractivity contribution in [2.45, 2.75) is 96.4 Å². The number of rotatable bonds is 4. The molecule has 2 aliphatic carbocycles. The molecule has 1 heterocycles. The van der Waals surface area contributed by atoms with Gasteiger partial charge in [0.2, 0.25) is 5.79 Å². The average molecular weight is 440 g/mol. The maximum Gasteiger partial charge on any atom is 0.340 e. The second-order valence-electron chi connectivity index (χ2n) is 9.90. The second kappa shape index (κ2) is 7.28. The van der Waals surface area contributed by atoms with Gasteiger partial charge in [-0.05, 0) is 52.4 Å². The molecule has 7 atom stereocenters. The molecule has 9 heteroatoms. The van der Waals surface area contributed by atoms with Crippen LogP contribution in [0.25, 0.3) is 0 Å². The summed E-state index contributed by atoms with van der Waals surface area (Å²) in [5.74, 6) is -4.25. The number of ether oxygens (including phenoxy) is 3. The van der Waals surface area contributed by atoms with Gasteiger partial charge in [0.05, 0.1) is 6.10 Å². The number of hydrogen-bond acceptors (Lipinski definition) is 9. The predicted octanol–water partition coefficient (Wildman–Crippen LogP) is 1.12. The van der Waals surface area contributed by atoms with Gasteiger partial charge in [-0.3, -0.25) is 4.79 Å². The summed E-state index contributed by atoms with van der Waals surface area (Å²) in [5, 5.41) is 31.1. The Morgan fingerprint density at radius 2 is 1.94 bits per heavy atom. The van der Waals surface area contributed by atoms with E-state index in [1.807, 2.05) is 6.92 Å². The zero-order valence-electron chi connectivity index (χ0n) is 18.9. The van der Waals surface area contributed by atoms with Gasteiger partial charge in [-0.1, -0.05) is 6.92 Å². The third-order valence-corrected chi connectivity index (χ3v) is 7.53. The van der Waals surface area contributed by atoms with Crippen LogP contribution in [0.5, 0.6) is 0 Å². The first-order chi connectivity index (χ1) is 14.1. The van der Waals surface area contributed by atoms with E-state index in [0.29, 0.717) is 24.0 Å². The van der Waals surface area contributed by atoms with E-state index < -0.39 is 58.4 Å². The lowest BCUT2D eigenvalue weighted by Crippen LogP contribution is -2.64. The number of aliphatic hydroxyl groups is 3. The van der Waals surface area contributed by atoms with E-state index in [-0.39, 0.29) is 12.8 Å². The van der Waals surface area contributed by atoms with E-state index in [0.717, 1.165) is 6.92 Å². The van der Waals surface area contributed by atoms with E-state index >= 15 is 0 Å². The molecule has 174 valence electrons.